The van der Waals surface area contributed by atoms with Crippen LogP contribution in [0.5, 0.6) is 0 Å². The van der Waals surface area contributed by atoms with Gasteiger partial charge in [-0.25, -0.2) is 4.79 Å². The third kappa shape index (κ3) is 5.22. The Morgan fingerprint density at radius 1 is 1.37 bits per heavy atom. The largest absolute Gasteiger partial charge is 0.444 e. The molecular formula is C13H21N3O3. The Morgan fingerprint density at radius 3 is 2.42 bits per heavy atom. The predicted octanol–water partition coefficient (Wildman–Crippen LogP) is 1.94. The number of ether oxygens (including phenoxy) is 1. The molecule has 6 heteroatoms. The van der Waals surface area contributed by atoms with Gasteiger partial charge in [0, 0.05) is 0 Å². The molecule has 6 nitrogen and oxygen atoms in total. The minimum Gasteiger partial charge on any atom is -0.444 e. The summed E-state index contributed by atoms with van der Waals surface area (Å²) in [5.41, 5.74) is 7.84. The molecule has 1 saturated carbocycles. The first-order chi connectivity index (χ1) is 8.83. The van der Waals surface area contributed by atoms with Crippen molar-refractivity contribution in [3.05, 3.63) is 5.53 Å². The monoisotopic (exact) mass is 267 g/mol. The molecule has 0 bridgehead atoms. The Balaban J connectivity index is 2.71. The number of hydrogen-bond donors (Lipinski definition) is 1. The molecule has 0 aromatic heterocycles. The molecule has 19 heavy (non-hydrogen) atoms. The van der Waals surface area contributed by atoms with Crippen molar-refractivity contribution in [1.82, 2.24) is 5.32 Å². The van der Waals surface area contributed by atoms with E-state index in [0.717, 1.165) is 31.9 Å². The minimum atomic E-state index is -0.673. The number of carbonyl (C=O) groups is 2. The van der Waals surface area contributed by atoms with Gasteiger partial charge in [0.1, 0.15) is 11.6 Å². The number of hydrogen-bond acceptors (Lipinski definition) is 3. The summed E-state index contributed by atoms with van der Waals surface area (Å²) in [6, 6.07) is -0.673. The zero-order chi connectivity index (χ0) is 14.5. The fourth-order valence-electron chi connectivity index (χ4n) is 2.28. The van der Waals surface area contributed by atoms with E-state index < -0.39 is 23.5 Å². The number of nitrogens with zero attached hydrogens (tertiary/aromatic N) is 2. The van der Waals surface area contributed by atoms with Crippen molar-refractivity contribution in [3.8, 4) is 0 Å². The normalized spacial score (nSPS) is 17.4. The maximum Gasteiger partial charge on any atom is 0.408 e. The SMILES string of the molecule is CC(C)(C)OC(=O)N[C@H](C(=O)C=[N+]=[N-])C1CCCC1. The van der Waals surface area contributed by atoms with E-state index in [1.807, 2.05) is 0 Å². The number of alkyl carbamates (subject to hydrolysis) is 1. The summed E-state index contributed by atoms with van der Waals surface area (Å²) in [5.74, 6) is -0.321. The van der Waals surface area contributed by atoms with Gasteiger partial charge in [-0.1, -0.05) is 12.8 Å². The summed E-state index contributed by atoms with van der Waals surface area (Å²) >= 11 is 0. The van der Waals surface area contributed by atoms with Crippen LogP contribution in [0.3, 0.4) is 0 Å². The topological polar surface area (TPSA) is 91.8 Å². The number of ketones is 1. The Labute approximate surface area is 113 Å². The molecule has 0 aromatic rings. The highest BCUT2D eigenvalue weighted by Gasteiger charge is 2.33. The van der Waals surface area contributed by atoms with Crippen molar-refractivity contribution in [2.75, 3.05) is 0 Å². The molecule has 1 rings (SSSR count). The van der Waals surface area contributed by atoms with E-state index >= 15 is 0 Å². The average molecular weight is 267 g/mol. The van der Waals surface area contributed by atoms with E-state index in [1.165, 1.54) is 0 Å². The Bertz CT molecular complexity index is 388. The number of amides is 1. The highest BCUT2D eigenvalue weighted by molar-refractivity contribution is 6.28. The molecule has 0 aliphatic heterocycles. The molecule has 0 spiro atoms. The molecule has 0 saturated heterocycles. The van der Waals surface area contributed by atoms with E-state index in [2.05, 4.69) is 10.1 Å². The van der Waals surface area contributed by atoms with Gasteiger partial charge in [0.2, 0.25) is 0 Å². The number of nitrogens with one attached hydrogen (secondary N) is 1. The van der Waals surface area contributed by atoms with Crippen LogP contribution in [-0.2, 0) is 9.53 Å². The zero-order valence-electron chi connectivity index (χ0n) is 11.7. The maximum absolute atomic E-state index is 11.9. The van der Waals surface area contributed by atoms with E-state index in [9.17, 15) is 9.59 Å². The molecule has 1 aliphatic rings. The molecule has 1 aliphatic carbocycles. The molecule has 1 fully saturated rings. The van der Waals surface area contributed by atoms with Crippen LogP contribution in [0, 0.1) is 5.92 Å². The minimum absolute atomic E-state index is 0.0815. The molecule has 1 amide bonds. The van der Waals surface area contributed by atoms with Gasteiger partial charge in [-0.3, -0.25) is 4.79 Å². The number of Topliss-reactive ketones (excluding diaryl/α,β-unsaturated/α-hetero) is 1. The number of carbonyl (C=O) groups excluding carboxylic acids is 2. The van der Waals surface area contributed by atoms with Crippen LogP contribution in [0.25, 0.3) is 5.53 Å². The van der Waals surface area contributed by atoms with Crippen LogP contribution >= 0.6 is 0 Å². The van der Waals surface area contributed by atoms with Gasteiger partial charge in [-0.05, 0) is 39.5 Å². The summed E-state index contributed by atoms with van der Waals surface area (Å²) in [5, 5.41) is 2.59. The van der Waals surface area contributed by atoms with Crippen molar-refractivity contribution < 1.29 is 19.1 Å². The first kappa shape index (κ1) is 15.4. The van der Waals surface area contributed by atoms with E-state index in [-0.39, 0.29) is 5.92 Å². The molecule has 1 N–H and O–H groups in total. The summed E-state index contributed by atoms with van der Waals surface area (Å²) in [7, 11) is 0. The van der Waals surface area contributed by atoms with Gasteiger partial charge in [-0.2, -0.15) is 4.79 Å². The van der Waals surface area contributed by atoms with Crippen LogP contribution < -0.4 is 5.32 Å². The molecule has 0 aromatic carbocycles. The maximum atomic E-state index is 11.9. The van der Waals surface area contributed by atoms with Crippen molar-refractivity contribution in [2.45, 2.75) is 58.1 Å². The number of rotatable bonds is 4. The first-order valence-corrected chi connectivity index (χ1v) is 6.54. The zero-order valence-corrected chi connectivity index (χ0v) is 11.7. The summed E-state index contributed by atoms with van der Waals surface area (Å²) in [4.78, 5) is 26.3. The quantitative estimate of drug-likeness (QED) is 0.479. The second-order valence-electron chi connectivity index (χ2n) is 5.82. The van der Waals surface area contributed by atoms with E-state index in [0.29, 0.717) is 0 Å². The second-order valence-corrected chi connectivity index (χ2v) is 5.82. The van der Waals surface area contributed by atoms with E-state index in [4.69, 9.17) is 10.3 Å². The van der Waals surface area contributed by atoms with Crippen LogP contribution in [0.1, 0.15) is 46.5 Å². The molecule has 106 valence electrons. The third-order valence-corrected chi connectivity index (χ3v) is 3.03. The van der Waals surface area contributed by atoms with Gasteiger partial charge < -0.3 is 15.6 Å². The van der Waals surface area contributed by atoms with Crippen molar-refractivity contribution >= 4 is 18.1 Å². The second kappa shape index (κ2) is 6.48. The fraction of sp³-hybridized carbons (Fsp3) is 0.769. The average Bonchev–Trinajstić information content (AvgIpc) is 2.76. The van der Waals surface area contributed by atoms with Crippen molar-refractivity contribution in [3.63, 3.8) is 0 Å². The van der Waals surface area contributed by atoms with E-state index in [1.54, 1.807) is 20.8 Å². The van der Waals surface area contributed by atoms with Gasteiger partial charge in [-0.15, -0.1) is 0 Å². The van der Waals surface area contributed by atoms with Gasteiger partial charge in [0.25, 0.3) is 5.78 Å². The first-order valence-electron chi connectivity index (χ1n) is 6.54. The Kier molecular flexibility index (Phi) is 5.24. The fourth-order valence-corrected chi connectivity index (χ4v) is 2.28. The molecular weight excluding hydrogens is 246 g/mol. The van der Waals surface area contributed by atoms with Gasteiger partial charge in [0.05, 0.1) is 0 Å². The lowest BCUT2D eigenvalue weighted by atomic mass is 9.95. The van der Waals surface area contributed by atoms with Crippen LogP contribution in [0.2, 0.25) is 0 Å². The van der Waals surface area contributed by atoms with Gasteiger partial charge >= 0.3 is 12.3 Å². The highest BCUT2D eigenvalue weighted by atomic mass is 16.6. The highest BCUT2D eigenvalue weighted by Crippen LogP contribution is 2.28. The lowest BCUT2D eigenvalue weighted by Gasteiger charge is -2.24. The molecule has 0 heterocycles. The summed E-state index contributed by atoms with van der Waals surface area (Å²) in [6.07, 6.45) is 4.06. The lowest BCUT2D eigenvalue weighted by Crippen LogP contribution is -2.47. The molecule has 0 unspecified atom stereocenters. The van der Waals surface area contributed by atoms with Crippen LogP contribution in [0.15, 0.2) is 0 Å². The lowest BCUT2D eigenvalue weighted by molar-refractivity contribution is -0.119. The molecule has 0 radical (unpaired) electrons. The summed E-state index contributed by atoms with van der Waals surface area (Å²) < 4.78 is 5.15. The predicted molar refractivity (Wildman–Crippen MR) is 69.8 cm³/mol. The van der Waals surface area contributed by atoms with Crippen molar-refractivity contribution in [2.24, 2.45) is 5.92 Å². The van der Waals surface area contributed by atoms with Gasteiger partial charge in [0.15, 0.2) is 0 Å². The standard InChI is InChI=1S/C13H21N3O3/c1-13(2,3)19-12(18)16-11(10(17)8-15-14)9-6-4-5-7-9/h8-9,11H,4-7H2,1-3H3,(H,16,18)/t11-/m0/s1. The molecule has 1 atom stereocenters. The van der Waals surface area contributed by atoms with Crippen LogP contribution in [-0.4, -0.2) is 34.5 Å². The van der Waals surface area contributed by atoms with Crippen LogP contribution in [0.4, 0.5) is 4.79 Å². The smallest absolute Gasteiger partial charge is 0.408 e. The van der Waals surface area contributed by atoms with Crippen molar-refractivity contribution in [1.29, 1.82) is 0 Å². The Hall–Kier alpha value is -1.68. The summed E-state index contributed by atoms with van der Waals surface area (Å²) in [6.45, 7) is 5.27. The Morgan fingerprint density at radius 2 is 1.95 bits per heavy atom. The third-order valence-electron chi connectivity index (χ3n) is 3.03.